The molecule has 0 amide bonds. The van der Waals surface area contributed by atoms with E-state index >= 15 is 0 Å². The third kappa shape index (κ3) is 2.99. The molecule has 4 heteroatoms. The van der Waals surface area contributed by atoms with Gasteiger partial charge >= 0.3 is 0 Å². The highest BCUT2D eigenvalue weighted by Crippen LogP contribution is 2.31. The van der Waals surface area contributed by atoms with Crippen LogP contribution in [0.1, 0.15) is 44.6 Å². The van der Waals surface area contributed by atoms with Crippen molar-refractivity contribution in [2.45, 2.75) is 45.1 Å². The number of thiocarbonyl (C=S) groups is 1. The lowest BCUT2D eigenvalue weighted by Gasteiger charge is -2.31. The Morgan fingerprint density at radius 1 is 1.50 bits per heavy atom. The molecule has 1 aliphatic carbocycles. The molecule has 18 heavy (non-hydrogen) atoms. The summed E-state index contributed by atoms with van der Waals surface area (Å²) in [7, 11) is 0. The second-order valence-electron chi connectivity index (χ2n) is 4.85. The van der Waals surface area contributed by atoms with Gasteiger partial charge in [-0.3, -0.25) is 4.98 Å². The highest BCUT2D eigenvalue weighted by molar-refractivity contribution is 7.80. The van der Waals surface area contributed by atoms with E-state index in [9.17, 15) is 0 Å². The predicted molar refractivity (Wildman–Crippen MR) is 76.8 cm³/mol. The summed E-state index contributed by atoms with van der Waals surface area (Å²) in [6.07, 6.45) is 9.77. The number of aromatic nitrogens is 1. The van der Waals surface area contributed by atoms with E-state index in [0.29, 0.717) is 10.9 Å². The molecule has 2 N–H and O–H groups in total. The maximum absolute atomic E-state index is 6.12. The molecule has 0 aromatic carbocycles. The van der Waals surface area contributed by atoms with Crippen LogP contribution in [-0.4, -0.2) is 16.1 Å². The second-order valence-corrected chi connectivity index (χ2v) is 5.28. The largest absolute Gasteiger partial charge is 0.488 e. The molecular weight excluding hydrogens is 244 g/mol. The molecule has 1 aromatic rings. The highest BCUT2D eigenvalue weighted by Gasteiger charge is 2.26. The van der Waals surface area contributed by atoms with Gasteiger partial charge in [-0.2, -0.15) is 0 Å². The van der Waals surface area contributed by atoms with Gasteiger partial charge in [-0.25, -0.2) is 0 Å². The van der Waals surface area contributed by atoms with Crippen LogP contribution in [0.15, 0.2) is 18.5 Å². The summed E-state index contributed by atoms with van der Waals surface area (Å²) in [5.41, 5.74) is 6.50. The fraction of sp³-hybridized carbons (Fsp3) is 0.571. The number of nitrogens with zero attached hydrogens (tertiary/aromatic N) is 1. The van der Waals surface area contributed by atoms with Crippen molar-refractivity contribution in [1.82, 2.24) is 4.98 Å². The van der Waals surface area contributed by atoms with Gasteiger partial charge in [0.15, 0.2) is 0 Å². The molecule has 1 aliphatic rings. The van der Waals surface area contributed by atoms with E-state index in [2.05, 4.69) is 11.9 Å². The lowest BCUT2D eigenvalue weighted by molar-refractivity contribution is 0.0898. The van der Waals surface area contributed by atoms with Gasteiger partial charge in [0, 0.05) is 6.20 Å². The molecule has 2 atom stereocenters. The first-order valence-corrected chi connectivity index (χ1v) is 7.03. The van der Waals surface area contributed by atoms with Crippen molar-refractivity contribution in [3.63, 3.8) is 0 Å². The predicted octanol–water partition coefficient (Wildman–Crippen LogP) is 3.06. The van der Waals surface area contributed by atoms with Crippen molar-refractivity contribution in [2.24, 2.45) is 11.7 Å². The average molecular weight is 264 g/mol. The Morgan fingerprint density at radius 2 is 2.28 bits per heavy atom. The molecule has 0 radical (unpaired) electrons. The zero-order chi connectivity index (χ0) is 13.0. The SMILES string of the molecule is CCC1CCCCC1Oc1cnccc1C(N)=S. The van der Waals surface area contributed by atoms with Gasteiger partial charge in [-0.1, -0.05) is 25.6 Å². The number of ether oxygens (including phenoxy) is 1. The average Bonchev–Trinajstić information content (AvgIpc) is 2.40. The van der Waals surface area contributed by atoms with Gasteiger partial charge in [0.2, 0.25) is 0 Å². The van der Waals surface area contributed by atoms with Crippen LogP contribution in [0.5, 0.6) is 5.75 Å². The zero-order valence-corrected chi connectivity index (χ0v) is 11.6. The number of rotatable bonds is 4. The van der Waals surface area contributed by atoms with Crippen molar-refractivity contribution in [3.8, 4) is 5.75 Å². The first kappa shape index (κ1) is 13.3. The van der Waals surface area contributed by atoms with Gasteiger partial charge < -0.3 is 10.5 Å². The number of hydrogen-bond donors (Lipinski definition) is 1. The van der Waals surface area contributed by atoms with Crippen LogP contribution in [0.2, 0.25) is 0 Å². The third-order valence-electron chi connectivity index (χ3n) is 3.69. The second kappa shape index (κ2) is 6.14. The van der Waals surface area contributed by atoms with Gasteiger partial charge in [-0.15, -0.1) is 0 Å². The number of pyridine rings is 1. The summed E-state index contributed by atoms with van der Waals surface area (Å²) < 4.78 is 6.12. The normalized spacial score (nSPS) is 23.6. The maximum Gasteiger partial charge on any atom is 0.148 e. The molecular formula is C14H20N2OS. The van der Waals surface area contributed by atoms with Crippen LogP contribution in [0.4, 0.5) is 0 Å². The molecule has 2 rings (SSSR count). The van der Waals surface area contributed by atoms with E-state index in [1.807, 2.05) is 6.07 Å². The Kier molecular flexibility index (Phi) is 4.53. The van der Waals surface area contributed by atoms with Gasteiger partial charge in [0.25, 0.3) is 0 Å². The molecule has 0 saturated heterocycles. The van der Waals surface area contributed by atoms with Crippen molar-refractivity contribution in [2.75, 3.05) is 0 Å². The smallest absolute Gasteiger partial charge is 0.148 e. The van der Waals surface area contributed by atoms with Crippen LogP contribution >= 0.6 is 12.2 Å². The van der Waals surface area contributed by atoms with Crippen LogP contribution in [0.3, 0.4) is 0 Å². The van der Waals surface area contributed by atoms with E-state index in [-0.39, 0.29) is 6.10 Å². The fourth-order valence-corrected chi connectivity index (χ4v) is 2.80. The van der Waals surface area contributed by atoms with E-state index in [4.69, 9.17) is 22.7 Å². The van der Waals surface area contributed by atoms with E-state index < -0.39 is 0 Å². The van der Waals surface area contributed by atoms with E-state index in [1.165, 1.54) is 19.3 Å². The minimum absolute atomic E-state index is 0.279. The van der Waals surface area contributed by atoms with Crippen molar-refractivity contribution < 1.29 is 4.74 Å². The monoisotopic (exact) mass is 264 g/mol. The summed E-state index contributed by atoms with van der Waals surface area (Å²) in [6, 6.07) is 1.82. The third-order valence-corrected chi connectivity index (χ3v) is 3.91. The summed E-state index contributed by atoms with van der Waals surface area (Å²) in [4.78, 5) is 4.48. The van der Waals surface area contributed by atoms with Crippen LogP contribution in [-0.2, 0) is 0 Å². The molecule has 0 spiro atoms. The molecule has 3 nitrogen and oxygen atoms in total. The van der Waals surface area contributed by atoms with Crippen molar-refractivity contribution >= 4 is 17.2 Å². The van der Waals surface area contributed by atoms with Gasteiger partial charge in [0.05, 0.1) is 11.8 Å². The lowest BCUT2D eigenvalue weighted by Crippen LogP contribution is -2.30. The summed E-state index contributed by atoms with van der Waals surface area (Å²) in [6.45, 7) is 2.23. The van der Waals surface area contributed by atoms with Crippen molar-refractivity contribution in [1.29, 1.82) is 0 Å². The molecule has 1 aromatic heterocycles. The molecule has 1 heterocycles. The van der Waals surface area contributed by atoms with E-state index in [0.717, 1.165) is 24.2 Å². The van der Waals surface area contributed by atoms with Crippen LogP contribution < -0.4 is 10.5 Å². The van der Waals surface area contributed by atoms with E-state index in [1.54, 1.807) is 12.4 Å². The Labute approximate surface area is 114 Å². The zero-order valence-electron chi connectivity index (χ0n) is 10.8. The highest BCUT2D eigenvalue weighted by atomic mass is 32.1. The molecule has 0 bridgehead atoms. The number of nitrogens with two attached hydrogens (primary N) is 1. The fourth-order valence-electron chi connectivity index (χ4n) is 2.64. The Balaban J connectivity index is 2.15. The Morgan fingerprint density at radius 3 is 3.00 bits per heavy atom. The summed E-state index contributed by atoms with van der Waals surface area (Å²) in [5, 5.41) is 0. The first-order chi connectivity index (χ1) is 8.72. The summed E-state index contributed by atoms with van der Waals surface area (Å²) in [5.74, 6) is 1.37. The van der Waals surface area contributed by atoms with Crippen LogP contribution in [0.25, 0.3) is 0 Å². The quantitative estimate of drug-likeness (QED) is 0.849. The maximum atomic E-state index is 6.12. The molecule has 1 saturated carbocycles. The Hall–Kier alpha value is -1.16. The van der Waals surface area contributed by atoms with Gasteiger partial charge in [0.1, 0.15) is 16.8 Å². The molecule has 1 fully saturated rings. The number of hydrogen-bond acceptors (Lipinski definition) is 3. The van der Waals surface area contributed by atoms with Crippen molar-refractivity contribution in [3.05, 3.63) is 24.0 Å². The Bertz CT molecular complexity index is 422. The molecule has 98 valence electrons. The minimum Gasteiger partial charge on any atom is -0.488 e. The molecule has 2 unspecified atom stereocenters. The van der Waals surface area contributed by atoms with Gasteiger partial charge in [-0.05, 0) is 37.7 Å². The first-order valence-electron chi connectivity index (χ1n) is 6.62. The standard InChI is InChI=1S/C14H20N2OS/c1-2-10-5-3-4-6-12(10)17-13-9-16-8-7-11(13)14(15)18/h7-10,12H,2-6H2,1H3,(H2,15,18). The topological polar surface area (TPSA) is 48.1 Å². The minimum atomic E-state index is 0.279. The summed E-state index contributed by atoms with van der Waals surface area (Å²) >= 11 is 5.05. The van der Waals surface area contributed by atoms with Crippen LogP contribution in [0, 0.1) is 5.92 Å². The molecule has 0 aliphatic heterocycles. The lowest BCUT2D eigenvalue weighted by atomic mass is 9.85.